The van der Waals surface area contributed by atoms with Gasteiger partial charge in [-0.3, -0.25) is 0 Å². The molecule has 3 heteroatoms. The molecule has 2 aromatic rings. The summed E-state index contributed by atoms with van der Waals surface area (Å²) in [4.78, 5) is 0. The summed E-state index contributed by atoms with van der Waals surface area (Å²) in [5.74, 6) is 1.44. The Morgan fingerprint density at radius 2 is 1.59 bits per heavy atom. The number of unbranched alkanes of at least 4 members (excludes halogenated alkanes) is 4. The van der Waals surface area contributed by atoms with Crippen LogP contribution in [0.15, 0.2) is 61.2 Å². The monoisotopic (exact) mass is 436 g/mol. The van der Waals surface area contributed by atoms with Crippen molar-refractivity contribution in [2.45, 2.75) is 77.6 Å². The van der Waals surface area contributed by atoms with Crippen LogP contribution in [0, 0.1) is 5.92 Å². The molecule has 2 aromatic carbocycles. The third-order valence-corrected chi connectivity index (χ3v) is 6.16. The van der Waals surface area contributed by atoms with Crippen LogP contribution in [0.5, 0.6) is 5.75 Å². The molecule has 1 saturated heterocycles. The molecule has 0 spiro atoms. The van der Waals surface area contributed by atoms with Gasteiger partial charge in [0.2, 0.25) is 0 Å². The van der Waals surface area contributed by atoms with Crippen molar-refractivity contribution in [1.82, 2.24) is 0 Å². The number of hydrogen-bond acceptors (Lipinski definition) is 3. The Morgan fingerprint density at radius 1 is 0.938 bits per heavy atom. The summed E-state index contributed by atoms with van der Waals surface area (Å²) < 4.78 is 18.1. The van der Waals surface area contributed by atoms with Crippen molar-refractivity contribution >= 4 is 0 Å². The maximum atomic E-state index is 6.09. The first-order valence-corrected chi connectivity index (χ1v) is 12.4. The Bertz CT molecular complexity index is 773. The average Bonchev–Trinajstić information content (AvgIpc) is 2.83. The van der Waals surface area contributed by atoms with Crippen molar-refractivity contribution in [3.05, 3.63) is 66.7 Å². The van der Waals surface area contributed by atoms with Gasteiger partial charge in [0.1, 0.15) is 5.75 Å². The number of allylic oxidation sites excluding steroid dienone is 1. The Hall–Kier alpha value is -2.10. The van der Waals surface area contributed by atoms with Crippen LogP contribution >= 0.6 is 0 Å². The van der Waals surface area contributed by atoms with E-state index in [0.29, 0.717) is 5.92 Å². The lowest BCUT2D eigenvalue weighted by atomic mass is 10.0. The molecule has 0 aliphatic carbocycles. The van der Waals surface area contributed by atoms with E-state index in [0.717, 1.165) is 50.2 Å². The fraction of sp³-hybridized carbons (Fsp3) is 0.517. The second-order valence-electron chi connectivity index (χ2n) is 9.01. The van der Waals surface area contributed by atoms with Gasteiger partial charge in [-0.05, 0) is 62.3 Å². The number of hydrogen-bond donors (Lipinski definition) is 0. The van der Waals surface area contributed by atoms with Crippen LogP contribution in [-0.2, 0) is 9.47 Å². The zero-order valence-corrected chi connectivity index (χ0v) is 19.9. The summed E-state index contributed by atoms with van der Waals surface area (Å²) in [7, 11) is 0. The van der Waals surface area contributed by atoms with Gasteiger partial charge in [0.25, 0.3) is 0 Å². The maximum Gasteiger partial charge on any atom is 0.183 e. The van der Waals surface area contributed by atoms with E-state index in [2.05, 4.69) is 69.0 Å². The van der Waals surface area contributed by atoms with Crippen LogP contribution in [-0.4, -0.2) is 19.3 Å². The standard InChI is InChI=1S/C29H40O3/c1-4-6-8-10-11-23(3)32-28-19-17-26(18-20-28)25-13-15-27(16-14-25)29-30-21-24(22-31-29)12-9-7-5-2/h5,13-20,23-24,29H,2,4,6-12,21-22H2,1,3H3. The molecule has 3 nitrogen and oxygen atoms in total. The highest BCUT2D eigenvalue weighted by molar-refractivity contribution is 5.64. The summed E-state index contributed by atoms with van der Waals surface area (Å²) in [6.45, 7) is 9.73. The van der Waals surface area contributed by atoms with Gasteiger partial charge in [-0.1, -0.05) is 68.7 Å². The molecular weight excluding hydrogens is 396 g/mol. The van der Waals surface area contributed by atoms with Gasteiger partial charge in [-0.15, -0.1) is 6.58 Å². The summed E-state index contributed by atoms with van der Waals surface area (Å²) in [6, 6.07) is 16.9. The lowest BCUT2D eigenvalue weighted by molar-refractivity contribution is -0.206. The first-order valence-electron chi connectivity index (χ1n) is 12.4. The molecule has 0 radical (unpaired) electrons. The van der Waals surface area contributed by atoms with Crippen LogP contribution in [0.25, 0.3) is 11.1 Å². The van der Waals surface area contributed by atoms with E-state index in [1.807, 2.05) is 6.08 Å². The van der Waals surface area contributed by atoms with Gasteiger partial charge >= 0.3 is 0 Å². The van der Waals surface area contributed by atoms with Gasteiger partial charge < -0.3 is 14.2 Å². The molecule has 174 valence electrons. The predicted molar refractivity (Wildman–Crippen MR) is 133 cm³/mol. The first kappa shape index (κ1) is 24.5. The minimum absolute atomic E-state index is 0.255. The Balaban J connectivity index is 1.47. The molecule has 1 aliphatic heterocycles. The molecule has 0 bridgehead atoms. The summed E-state index contributed by atoms with van der Waals surface area (Å²) in [5, 5.41) is 0. The van der Waals surface area contributed by atoms with Crippen molar-refractivity contribution in [2.24, 2.45) is 5.92 Å². The molecular formula is C29H40O3. The number of benzene rings is 2. The van der Waals surface area contributed by atoms with Crippen molar-refractivity contribution in [3.63, 3.8) is 0 Å². The van der Waals surface area contributed by atoms with Crippen LogP contribution in [0.1, 0.15) is 77.1 Å². The van der Waals surface area contributed by atoms with Gasteiger partial charge in [0, 0.05) is 11.5 Å². The first-order chi connectivity index (χ1) is 15.7. The third kappa shape index (κ3) is 7.79. The molecule has 0 N–H and O–H groups in total. The SMILES string of the molecule is C=CCCCC1COC(c2ccc(-c3ccc(OC(C)CCCCCC)cc3)cc2)OC1. The third-order valence-electron chi connectivity index (χ3n) is 6.16. The molecule has 1 aliphatic rings. The smallest absolute Gasteiger partial charge is 0.183 e. The molecule has 0 amide bonds. The van der Waals surface area contributed by atoms with E-state index in [9.17, 15) is 0 Å². The lowest BCUT2D eigenvalue weighted by Gasteiger charge is -2.29. The topological polar surface area (TPSA) is 27.7 Å². The minimum Gasteiger partial charge on any atom is -0.491 e. The molecule has 1 unspecified atom stereocenters. The minimum atomic E-state index is -0.255. The molecule has 1 fully saturated rings. The molecule has 3 rings (SSSR count). The van der Waals surface area contributed by atoms with Crippen LogP contribution < -0.4 is 4.74 Å². The summed E-state index contributed by atoms with van der Waals surface area (Å²) >= 11 is 0. The molecule has 1 atom stereocenters. The summed E-state index contributed by atoms with van der Waals surface area (Å²) in [6.07, 6.45) is 11.6. The Labute approximate surface area is 194 Å². The number of rotatable bonds is 13. The van der Waals surface area contributed by atoms with E-state index < -0.39 is 0 Å². The normalized spacial score (nSPS) is 19.4. The fourth-order valence-electron chi connectivity index (χ4n) is 4.16. The summed E-state index contributed by atoms with van der Waals surface area (Å²) in [5.41, 5.74) is 3.45. The van der Waals surface area contributed by atoms with Crippen LogP contribution in [0.2, 0.25) is 0 Å². The fourth-order valence-corrected chi connectivity index (χ4v) is 4.16. The highest BCUT2D eigenvalue weighted by Crippen LogP contribution is 2.30. The zero-order chi connectivity index (χ0) is 22.6. The van der Waals surface area contributed by atoms with Crippen LogP contribution in [0.3, 0.4) is 0 Å². The second kappa shape index (κ2) is 13.4. The van der Waals surface area contributed by atoms with E-state index >= 15 is 0 Å². The van der Waals surface area contributed by atoms with E-state index in [-0.39, 0.29) is 12.4 Å². The van der Waals surface area contributed by atoms with Gasteiger partial charge in [-0.25, -0.2) is 0 Å². The quantitative estimate of drug-likeness (QED) is 0.234. The molecule has 0 saturated carbocycles. The lowest BCUT2D eigenvalue weighted by Crippen LogP contribution is -2.27. The van der Waals surface area contributed by atoms with Gasteiger partial charge in [-0.2, -0.15) is 0 Å². The van der Waals surface area contributed by atoms with Crippen molar-refractivity contribution in [1.29, 1.82) is 0 Å². The van der Waals surface area contributed by atoms with Gasteiger partial charge in [0.05, 0.1) is 19.3 Å². The van der Waals surface area contributed by atoms with Gasteiger partial charge in [0.15, 0.2) is 6.29 Å². The van der Waals surface area contributed by atoms with Crippen molar-refractivity contribution in [3.8, 4) is 16.9 Å². The highest BCUT2D eigenvalue weighted by atomic mass is 16.7. The molecule has 1 heterocycles. The number of ether oxygens (including phenoxy) is 3. The maximum absolute atomic E-state index is 6.09. The van der Waals surface area contributed by atoms with E-state index in [1.165, 1.54) is 36.8 Å². The van der Waals surface area contributed by atoms with E-state index in [1.54, 1.807) is 0 Å². The largest absolute Gasteiger partial charge is 0.491 e. The highest BCUT2D eigenvalue weighted by Gasteiger charge is 2.23. The second-order valence-corrected chi connectivity index (χ2v) is 9.01. The molecule has 0 aromatic heterocycles. The van der Waals surface area contributed by atoms with E-state index in [4.69, 9.17) is 14.2 Å². The predicted octanol–water partition coefficient (Wildman–Crippen LogP) is 8.11. The Morgan fingerprint density at radius 3 is 2.22 bits per heavy atom. The molecule has 32 heavy (non-hydrogen) atoms. The van der Waals surface area contributed by atoms with Crippen molar-refractivity contribution in [2.75, 3.05) is 13.2 Å². The Kier molecular flexibility index (Phi) is 10.3. The van der Waals surface area contributed by atoms with Crippen LogP contribution in [0.4, 0.5) is 0 Å². The zero-order valence-electron chi connectivity index (χ0n) is 19.9. The average molecular weight is 437 g/mol. The van der Waals surface area contributed by atoms with Crippen molar-refractivity contribution < 1.29 is 14.2 Å².